The Morgan fingerprint density at radius 2 is 2.12 bits per heavy atom. The molecule has 4 heteroatoms. The SMILES string of the molecule is CC(C)(C)CC(O)c1ccc2[nH]c(=O)oc2c1. The van der Waals surface area contributed by atoms with E-state index in [4.69, 9.17) is 4.42 Å². The lowest BCUT2D eigenvalue weighted by atomic mass is 9.87. The maximum absolute atomic E-state index is 11.0. The topological polar surface area (TPSA) is 66.2 Å². The third-order valence-electron chi connectivity index (χ3n) is 2.64. The second kappa shape index (κ2) is 4.04. The maximum atomic E-state index is 11.0. The van der Waals surface area contributed by atoms with Gasteiger partial charge in [0.1, 0.15) is 0 Å². The summed E-state index contributed by atoms with van der Waals surface area (Å²) in [7, 11) is 0. The number of fused-ring (bicyclic) bond motifs is 1. The molecular weight excluding hydrogens is 218 g/mol. The van der Waals surface area contributed by atoms with Crippen molar-refractivity contribution < 1.29 is 9.52 Å². The number of aromatic amines is 1. The molecule has 0 aliphatic heterocycles. The van der Waals surface area contributed by atoms with E-state index in [9.17, 15) is 9.90 Å². The van der Waals surface area contributed by atoms with Gasteiger partial charge in [0.15, 0.2) is 5.58 Å². The molecule has 0 aliphatic rings. The average molecular weight is 235 g/mol. The summed E-state index contributed by atoms with van der Waals surface area (Å²) in [4.78, 5) is 13.6. The molecule has 1 aromatic heterocycles. The molecule has 1 aromatic carbocycles. The number of benzene rings is 1. The molecule has 2 rings (SSSR count). The molecule has 0 radical (unpaired) electrons. The summed E-state index contributed by atoms with van der Waals surface area (Å²) in [5.74, 6) is -0.470. The van der Waals surface area contributed by atoms with Crippen molar-refractivity contribution in [3.63, 3.8) is 0 Å². The standard InChI is InChI=1S/C13H17NO3/c1-13(2,3)7-10(15)8-4-5-9-11(6-8)17-12(16)14-9/h4-6,10,15H,7H2,1-3H3,(H,14,16). The van der Waals surface area contributed by atoms with Gasteiger partial charge in [-0.3, -0.25) is 4.98 Å². The van der Waals surface area contributed by atoms with Crippen LogP contribution in [-0.2, 0) is 0 Å². The molecule has 2 aromatic rings. The molecule has 92 valence electrons. The molecule has 0 saturated carbocycles. The minimum atomic E-state index is -0.542. The Balaban J connectivity index is 2.32. The Bertz CT molecular complexity index is 574. The molecule has 4 nitrogen and oxygen atoms in total. The first-order chi connectivity index (χ1) is 7.85. The van der Waals surface area contributed by atoms with E-state index >= 15 is 0 Å². The summed E-state index contributed by atoms with van der Waals surface area (Å²) in [5.41, 5.74) is 1.96. The molecule has 1 heterocycles. The van der Waals surface area contributed by atoms with E-state index in [1.165, 1.54) is 0 Å². The van der Waals surface area contributed by atoms with E-state index < -0.39 is 11.9 Å². The number of hydrogen-bond acceptors (Lipinski definition) is 3. The van der Waals surface area contributed by atoms with Gasteiger partial charge in [0.2, 0.25) is 0 Å². The van der Waals surface area contributed by atoms with Crippen LogP contribution in [0.15, 0.2) is 27.4 Å². The van der Waals surface area contributed by atoms with Crippen LogP contribution in [0.2, 0.25) is 0 Å². The number of aromatic nitrogens is 1. The van der Waals surface area contributed by atoms with Crippen molar-refractivity contribution in [1.29, 1.82) is 0 Å². The van der Waals surface area contributed by atoms with Crippen LogP contribution in [0.25, 0.3) is 11.1 Å². The predicted molar refractivity (Wildman–Crippen MR) is 65.9 cm³/mol. The van der Waals surface area contributed by atoms with Crippen molar-refractivity contribution in [2.45, 2.75) is 33.3 Å². The number of hydrogen-bond donors (Lipinski definition) is 2. The highest BCUT2D eigenvalue weighted by molar-refractivity contribution is 5.72. The number of rotatable bonds is 2. The van der Waals surface area contributed by atoms with Crippen molar-refractivity contribution in [3.8, 4) is 0 Å². The number of aliphatic hydroxyl groups excluding tert-OH is 1. The first-order valence-electron chi connectivity index (χ1n) is 5.66. The maximum Gasteiger partial charge on any atom is 0.417 e. The molecule has 17 heavy (non-hydrogen) atoms. The highest BCUT2D eigenvalue weighted by atomic mass is 16.4. The Kier molecular flexibility index (Phi) is 2.83. The van der Waals surface area contributed by atoms with Crippen molar-refractivity contribution in [2.24, 2.45) is 5.41 Å². The van der Waals surface area contributed by atoms with Gasteiger partial charge in [-0.25, -0.2) is 4.79 Å². The highest BCUT2D eigenvalue weighted by Gasteiger charge is 2.18. The van der Waals surface area contributed by atoms with Gasteiger partial charge in [-0.1, -0.05) is 26.8 Å². The van der Waals surface area contributed by atoms with Crippen LogP contribution in [0, 0.1) is 5.41 Å². The highest BCUT2D eigenvalue weighted by Crippen LogP contribution is 2.30. The van der Waals surface area contributed by atoms with Crippen LogP contribution in [0.3, 0.4) is 0 Å². The number of oxazole rings is 1. The second-order valence-corrected chi connectivity index (χ2v) is 5.55. The quantitative estimate of drug-likeness (QED) is 0.840. The van der Waals surface area contributed by atoms with Crippen molar-refractivity contribution in [3.05, 3.63) is 34.3 Å². The zero-order chi connectivity index (χ0) is 12.6. The van der Waals surface area contributed by atoms with Crippen LogP contribution < -0.4 is 5.76 Å². The summed E-state index contributed by atoms with van der Waals surface area (Å²) in [5, 5.41) is 10.1. The fourth-order valence-electron chi connectivity index (χ4n) is 1.87. The van der Waals surface area contributed by atoms with Crippen molar-refractivity contribution in [2.75, 3.05) is 0 Å². The first-order valence-corrected chi connectivity index (χ1v) is 5.66. The number of H-pyrrole nitrogens is 1. The fourth-order valence-corrected chi connectivity index (χ4v) is 1.87. The van der Waals surface area contributed by atoms with Gasteiger partial charge < -0.3 is 9.52 Å². The minimum absolute atomic E-state index is 0.0490. The van der Waals surface area contributed by atoms with E-state index in [-0.39, 0.29) is 5.41 Å². The van der Waals surface area contributed by atoms with Gasteiger partial charge in [-0.2, -0.15) is 0 Å². The Labute approximate surface area is 99.3 Å². The Morgan fingerprint density at radius 3 is 2.76 bits per heavy atom. The van der Waals surface area contributed by atoms with Gasteiger partial charge in [0, 0.05) is 0 Å². The molecule has 1 unspecified atom stereocenters. The molecule has 0 spiro atoms. The smallest absolute Gasteiger partial charge is 0.408 e. The van der Waals surface area contributed by atoms with E-state index in [0.717, 1.165) is 5.56 Å². The third kappa shape index (κ3) is 2.77. The summed E-state index contributed by atoms with van der Waals surface area (Å²) in [6, 6.07) is 5.27. The molecule has 0 saturated heterocycles. The fraction of sp³-hybridized carbons (Fsp3) is 0.462. The first kappa shape index (κ1) is 11.9. The number of aliphatic hydroxyl groups is 1. The molecule has 0 bridgehead atoms. The molecule has 0 aliphatic carbocycles. The van der Waals surface area contributed by atoms with Crippen molar-refractivity contribution >= 4 is 11.1 Å². The van der Waals surface area contributed by atoms with E-state index in [0.29, 0.717) is 17.5 Å². The summed E-state index contributed by atoms with van der Waals surface area (Å²) < 4.78 is 4.97. The zero-order valence-corrected chi connectivity index (χ0v) is 10.3. The summed E-state index contributed by atoms with van der Waals surface area (Å²) in [6.45, 7) is 6.22. The summed E-state index contributed by atoms with van der Waals surface area (Å²) >= 11 is 0. The van der Waals surface area contributed by atoms with Crippen molar-refractivity contribution in [1.82, 2.24) is 4.98 Å². The van der Waals surface area contributed by atoms with E-state index in [2.05, 4.69) is 25.8 Å². The van der Waals surface area contributed by atoms with Gasteiger partial charge in [-0.05, 0) is 29.5 Å². The monoisotopic (exact) mass is 235 g/mol. The molecule has 2 N–H and O–H groups in total. The van der Waals surface area contributed by atoms with Crippen LogP contribution >= 0.6 is 0 Å². The predicted octanol–water partition coefficient (Wildman–Crippen LogP) is 2.59. The summed E-state index contributed by atoms with van der Waals surface area (Å²) in [6.07, 6.45) is 0.118. The third-order valence-corrected chi connectivity index (χ3v) is 2.64. The van der Waals surface area contributed by atoms with Gasteiger partial charge in [-0.15, -0.1) is 0 Å². The Morgan fingerprint density at radius 1 is 1.41 bits per heavy atom. The van der Waals surface area contributed by atoms with E-state index in [1.807, 2.05) is 6.07 Å². The van der Waals surface area contributed by atoms with Crippen LogP contribution in [-0.4, -0.2) is 10.1 Å². The largest absolute Gasteiger partial charge is 0.417 e. The molecule has 1 atom stereocenters. The molecule has 0 amide bonds. The molecular formula is C13H17NO3. The lowest BCUT2D eigenvalue weighted by Crippen LogP contribution is -2.11. The van der Waals surface area contributed by atoms with Crippen LogP contribution in [0.1, 0.15) is 38.9 Å². The number of nitrogens with one attached hydrogen (secondary N) is 1. The minimum Gasteiger partial charge on any atom is -0.408 e. The normalized spacial score (nSPS) is 14.1. The van der Waals surface area contributed by atoms with Gasteiger partial charge in [0.05, 0.1) is 11.6 Å². The van der Waals surface area contributed by atoms with Gasteiger partial charge >= 0.3 is 5.76 Å². The Hall–Kier alpha value is -1.55. The lowest BCUT2D eigenvalue weighted by molar-refractivity contribution is 0.122. The van der Waals surface area contributed by atoms with E-state index in [1.54, 1.807) is 12.1 Å². The van der Waals surface area contributed by atoms with Gasteiger partial charge in [0.25, 0.3) is 0 Å². The van der Waals surface area contributed by atoms with Crippen LogP contribution in [0.4, 0.5) is 0 Å². The molecule has 0 fully saturated rings. The second-order valence-electron chi connectivity index (χ2n) is 5.55. The van der Waals surface area contributed by atoms with Crippen LogP contribution in [0.5, 0.6) is 0 Å². The zero-order valence-electron chi connectivity index (χ0n) is 10.3. The average Bonchev–Trinajstić information content (AvgIpc) is 2.53. The lowest BCUT2D eigenvalue weighted by Gasteiger charge is -2.22.